The van der Waals surface area contributed by atoms with Crippen LogP contribution in [0.15, 0.2) is 24.3 Å². The number of rotatable bonds is 5. The molecular weight excluding hydrogens is 210 g/mol. The van der Waals surface area contributed by atoms with Gasteiger partial charge >= 0.3 is 0 Å². The highest BCUT2D eigenvalue weighted by Gasteiger charge is 2.16. The molecule has 1 aliphatic carbocycles. The van der Waals surface area contributed by atoms with Crippen LogP contribution in [-0.2, 0) is 0 Å². The fourth-order valence-electron chi connectivity index (χ4n) is 2.49. The van der Waals surface area contributed by atoms with Gasteiger partial charge in [0, 0.05) is 6.04 Å². The van der Waals surface area contributed by atoms with Crippen LogP contribution in [0.25, 0.3) is 0 Å². The largest absolute Gasteiger partial charge is 0.490 e. The lowest BCUT2D eigenvalue weighted by Gasteiger charge is -2.16. The zero-order valence-electron chi connectivity index (χ0n) is 10.7. The van der Waals surface area contributed by atoms with Gasteiger partial charge in [-0.1, -0.05) is 25.5 Å². The monoisotopic (exact) mass is 233 g/mol. The SMILES string of the molecule is CCC[C@@H](N)c1cccc(OC2CCCC2)c1. The van der Waals surface area contributed by atoms with Gasteiger partial charge in [0.05, 0.1) is 6.10 Å². The van der Waals surface area contributed by atoms with Crippen LogP contribution >= 0.6 is 0 Å². The second-order valence-electron chi connectivity index (χ2n) is 4.99. The van der Waals surface area contributed by atoms with E-state index in [1.54, 1.807) is 0 Å². The van der Waals surface area contributed by atoms with Crippen LogP contribution in [0, 0.1) is 0 Å². The highest BCUT2D eigenvalue weighted by atomic mass is 16.5. The Morgan fingerprint density at radius 2 is 2.12 bits per heavy atom. The molecular formula is C15H23NO. The summed E-state index contributed by atoms with van der Waals surface area (Å²) in [4.78, 5) is 0. The number of ether oxygens (including phenoxy) is 1. The summed E-state index contributed by atoms with van der Waals surface area (Å²) in [5, 5.41) is 0. The first kappa shape index (κ1) is 12.4. The molecule has 1 aromatic rings. The van der Waals surface area contributed by atoms with E-state index in [-0.39, 0.29) is 6.04 Å². The molecule has 2 N–H and O–H groups in total. The molecule has 94 valence electrons. The number of hydrogen-bond acceptors (Lipinski definition) is 2. The molecule has 1 aromatic carbocycles. The molecule has 0 spiro atoms. The van der Waals surface area contributed by atoms with E-state index >= 15 is 0 Å². The summed E-state index contributed by atoms with van der Waals surface area (Å²) in [5.74, 6) is 0.987. The molecule has 0 bridgehead atoms. The minimum absolute atomic E-state index is 0.145. The van der Waals surface area contributed by atoms with Crippen molar-refractivity contribution in [2.75, 3.05) is 0 Å². The Morgan fingerprint density at radius 1 is 1.35 bits per heavy atom. The van der Waals surface area contributed by atoms with Gasteiger partial charge < -0.3 is 10.5 Å². The molecule has 1 fully saturated rings. The molecule has 0 radical (unpaired) electrons. The van der Waals surface area contributed by atoms with Gasteiger partial charge in [-0.05, 0) is 49.8 Å². The van der Waals surface area contributed by atoms with E-state index in [0.29, 0.717) is 6.10 Å². The molecule has 1 aliphatic rings. The van der Waals surface area contributed by atoms with Crippen molar-refractivity contribution in [2.45, 2.75) is 57.6 Å². The molecule has 2 nitrogen and oxygen atoms in total. The van der Waals surface area contributed by atoms with Crippen molar-refractivity contribution in [3.05, 3.63) is 29.8 Å². The molecule has 2 heteroatoms. The van der Waals surface area contributed by atoms with E-state index < -0.39 is 0 Å². The summed E-state index contributed by atoms with van der Waals surface area (Å²) in [6.45, 7) is 2.17. The Labute approximate surface area is 104 Å². The topological polar surface area (TPSA) is 35.2 Å². The maximum Gasteiger partial charge on any atom is 0.120 e. The van der Waals surface area contributed by atoms with Crippen molar-refractivity contribution in [2.24, 2.45) is 5.73 Å². The van der Waals surface area contributed by atoms with Crippen LogP contribution in [0.4, 0.5) is 0 Å². The maximum absolute atomic E-state index is 6.13. The van der Waals surface area contributed by atoms with E-state index in [1.165, 1.54) is 31.2 Å². The number of nitrogens with two attached hydrogens (primary N) is 1. The predicted octanol–water partition coefficient (Wildman–Crippen LogP) is 3.81. The molecule has 2 rings (SSSR count). The van der Waals surface area contributed by atoms with Gasteiger partial charge in [-0.15, -0.1) is 0 Å². The van der Waals surface area contributed by atoms with Gasteiger partial charge in [0.25, 0.3) is 0 Å². The van der Waals surface area contributed by atoms with Crippen LogP contribution in [-0.4, -0.2) is 6.10 Å². The quantitative estimate of drug-likeness (QED) is 0.839. The number of benzene rings is 1. The smallest absolute Gasteiger partial charge is 0.120 e. The van der Waals surface area contributed by atoms with Crippen LogP contribution in [0.3, 0.4) is 0 Å². The lowest BCUT2D eigenvalue weighted by atomic mass is 10.0. The second-order valence-corrected chi connectivity index (χ2v) is 4.99. The first-order valence-corrected chi connectivity index (χ1v) is 6.82. The van der Waals surface area contributed by atoms with Gasteiger partial charge in [-0.3, -0.25) is 0 Å². The third-order valence-electron chi connectivity index (χ3n) is 3.49. The van der Waals surface area contributed by atoms with Crippen LogP contribution in [0.1, 0.15) is 57.1 Å². The van der Waals surface area contributed by atoms with Gasteiger partial charge in [0.15, 0.2) is 0 Å². The summed E-state index contributed by atoms with van der Waals surface area (Å²) in [7, 11) is 0. The molecule has 17 heavy (non-hydrogen) atoms. The highest BCUT2D eigenvalue weighted by Crippen LogP contribution is 2.26. The lowest BCUT2D eigenvalue weighted by Crippen LogP contribution is -2.13. The highest BCUT2D eigenvalue weighted by molar-refractivity contribution is 5.30. The first-order chi connectivity index (χ1) is 8.29. The summed E-state index contributed by atoms with van der Waals surface area (Å²) < 4.78 is 5.99. The zero-order valence-corrected chi connectivity index (χ0v) is 10.7. The van der Waals surface area contributed by atoms with Crippen molar-refractivity contribution >= 4 is 0 Å². The van der Waals surface area contributed by atoms with E-state index in [1.807, 2.05) is 6.07 Å². The Bertz CT molecular complexity index is 345. The van der Waals surface area contributed by atoms with Gasteiger partial charge in [-0.25, -0.2) is 0 Å². The Kier molecular flexibility index (Phi) is 4.43. The van der Waals surface area contributed by atoms with Crippen molar-refractivity contribution in [1.82, 2.24) is 0 Å². The molecule has 0 amide bonds. The Morgan fingerprint density at radius 3 is 2.82 bits per heavy atom. The third-order valence-corrected chi connectivity index (χ3v) is 3.49. The average molecular weight is 233 g/mol. The van der Waals surface area contributed by atoms with Gasteiger partial charge in [-0.2, -0.15) is 0 Å². The fourth-order valence-corrected chi connectivity index (χ4v) is 2.49. The third kappa shape index (κ3) is 3.47. The molecule has 0 aliphatic heterocycles. The fraction of sp³-hybridized carbons (Fsp3) is 0.600. The molecule has 0 unspecified atom stereocenters. The van der Waals surface area contributed by atoms with E-state index in [0.717, 1.165) is 18.6 Å². The second kappa shape index (κ2) is 6.06. The first-order valence-electron chi connectivity index (χ1n) is 6.82. The molecule has 1 atom stereocenters. The van der Waals surface area contributed by atoms with Crippen LogP contribution in [0.2, 0.25) is 0 Å². The molecule has 0 aromatic heterocycles. The van der Waals surface area contributed by atoms with E-state index in [9.17, 15) is 0 Å². The van der Waals surface area contributed by atoms with Gasteiger partial charge in [0.1, 0.15) is 5.75 Å². The standard InChI is InChI=1S/C15H23NO/c1-2-6-15(16)12-7-5-10-14(11-12)17-13-8-3-4-9-13/h5,7,10-11,13,15H,2-4,6,8-9,16H2,1H3/t15-/m1/s1. The Balaban J connectivity index is 2.00. The van der Waals surface area contributed by atoms with Crippen molar-refractivity contribution in [3.63, 3.8) is 0 Å². The van der Waals surface area contributed by atoms with Gasteiger partial charge in [0.2, 0.25) is 0 Å². The molecule has 1 saturated carbocycles. The zero-order chi connectivity index (χ0) is 12.1. The Hall–Kier alpha value is -1.02. The molecule has 0 saturated heterocycles. The van der Waals surface area contributed by atoms with Crippen LogP contribution in [0.5, 0.6) is 5.75 Å². The number of hydrogen-bond donors (Lipinski definition) is 1. The summed E-state index contributed by atoms with van der Waals surface area (Å²) >= 11 is 0. The average Bonchev–Trinajstić information content (AvgIpc) is 2.82. The normalized spacial score (nSPS) is 18.2. The van der Waals surface area contributed by atoms with E-state index in [2.05, 4.69) is 25.1 Å². The maximum atomic E-state index is 6.13. The van der Waals surface area contributed by atoms with Crippen LogP contribution < -0.4 is 10.5 Å². The predicted molar refractivity (Wildman–Crippen MR) is 71.2 cm³/mol. The van der Waals surface area contributed by atoms with Crippen molar-refractivity contribution in [3.8, 4) is 5.75 Å². The van der Waals surface area contributed by atoms with Crippen molar-refractivity contribution in [1.29, 1.82) is 0 Å². The van der Waals surface area contributed by atoms with E-state index in [4.69, 9.17) is 10.5 Å². The summed E-state index contributed by atoms with van der Waals surface area (Å²) in [5.41, 5.74) is 7.32. The molecule has 0 heterocycles. The summed E-state index contributed by atoms with van der Waals surface area (Å²) in [6.07, 6.45) is 7.59. The van der Waals surface area contributed by atoms with Crippen molar-refractivity contribution < 1.29 is 4.74 Å². The lowest BCUT2D eigenvalue weighted by molar-refractivity contribution is 0.209. The summed E-state index contributed by atoms with van der Waals surface area (Å²) in [6, 6.07) is 8.45. The minimum Gasteiger partial charge on any atom is -0.490 e. The minimum atomic E-state index is 0.145.